The van der Waals surface area contributed by atoms with E-state index in [-0.39, 0.29) is 5.75 Å². The van der Waals surface area contributed by atoms with Gasteiger partial charge in [0, 0.05) is 11.8 Å². The normalized spacial score (nSPS) is 15.5. The number of hydrogen-bond acceptors (Lipinski definition) is 3. The number of rotatable bonds is 5. The maximum Gasteiger partial charge on any atom is 0.154 e. The Hall–Kier alpha value is -0.870. The molecule has 0 spiro atoms. The second-order valence-electron chi connectivity index (χ2n) is 4.28. The molecule has 0 aromatic heterocycles. The fourth-order valence-electron chi connectivity index (χ4n) is 2.11. The van der Waals surface area contributed by atoms with Gasteiger partial charge in [0.1, 0.15) is 0 Å². The summed E-state index contributed by atoms with van der Waals surface area (Å²) in [5.41, 5.74) is 8.11. The number of benzene rings is 1. The zero-order valence-electron chi connectivity index (χ0n) is 10.7. The Morgan fingerprint density at radius 2 is 1.82 bits per heavy atom. The second kappa shape index (κ2) is 5.65. The molecule has 0 saturated carbocycles. The van der Waals surface area contributed by atoms with E-state index < -0.39 is 21.1 Å². The van der Waals surface area contributed by atoms with E-state index in [1.807, 2.05) is 38.1 Å². The summed E-state index contributed by atoms with van der Waals surface area (Å²) in [7, 11) is -3.10. The third kappa shape index (κ3) is 3.07. The first-order chi connectivity index (χ1) is 7.94. The van der Waals surface area contributed by atoms with Gasteiger partial charge in [0.2, 0.25) is 0 Å². The van der Waals surface area contributed by atoms with Gasteiger partial charge in [0.25, 0.3) is 0 Å². The van der Waals surface area contributed by atoms with Crippen LogP contribution in [-0.2, 0) is 9.84 Å². The molecule has 17 heavy (non-hydrogen) atoms. The van der Waals surface area contributed by atoms with Crippen LogP contribution in [0.4, 0.5) is 0 Å². The van der Waals surface area contributed by atoms with Crippen molar-refractivity contribution >= 4 is 9.84 Å². The molecule has 0 heterocycles. The maximum absolute atomic E-state index is 12.0. The van der Waals surface area contributed by atoms with Gasteiger partial charge in [-0.1, -0.05) is 38.1 Å². The van der Waals surface area contributed by atoms with Crippen LogP contribution >= 0.6 is 0 Å². The maximum atomic E-state index is 12.0. The lowest BCUT2D eigenvalue weighted by Gasteiger charge is -2.23. The van der Waals surface area contributed by atoms with Crippen LogP contribution in [0, 0.1) is 6.92 Å². The highest BCUT2D eigenvalue weighted by molar-refractivity contribution is 7.92. The predicted octanol–water partition coefficient (Wildman–Crippen LogP) is 2.21. The summed E-state index contributed by atoms with van der Waals surface area (Å²) in [5.74, 6) is 0.144. The predicted molar refractivity (Wildman–Crippen MR) is 71.6 cm³/mol. The highest BCUT2D eigenvalue weighted by Crippen LogP contribution is 2.25. The first-order valence-corrected chi connectivity index (χ1v) is 7.68. The van der Waals surface area contributed by atoms with Gasteiger partial charge in [-0.3, -0.25) is 0 Å². The van der Waals surface area contributed by atoms with Crippen molar-refractivity contribution < 1.29 is 8.42 Å². The zero-order valence-corrected chi connectivity index (χ0v) is 11.5. The molecule has 0 radical (unpaired) electrons. The number of hydrogen-bond donors (Lipinski definition) is 1. The molecule has 0 aliphatic heterocycles. The van der Waals surface area contributed by atoms with Crippen molar-refractivity contribution in [3.8, 4) is 0 Å². The van der Waals surface area contributed by atoms with Gasteiger partial charge >= 0.3 is 0 Å². The summed E-state index contributed by atoms with van der Waals surface area (Å²) in [6, 6.07) is 7.26. The SMILES string of the molecule is CC[C@H]([C@H](N)c1ccccc1C)S(=O)(=O)CC. The van der Waals surface area contributed by atoms with Gasteiger partial charge in [0.15, 0.2) is 9.84 Å². The molecule has 3 nitrogen and oxygen atoms in total. The minimum atomic E-state index is -3.10. The van der Waals surface area contributed by atoms with Crippen molar-refractivity contribution in [3.05, 3.63) is 35.4 Å². The first-order valence-electron chi connectivity index (χ1n) is 5.96. The number of sulfone groups is 1. The quantitative estimate of drug-likeness (QED) is 0.877. The first kappa shape index (κ1) is 14.2. The van der Waals surface area contributed by atoms with Crippen molar-refractivity contribution in [2.75, 3.05) is 5.75 Å². The van der Waals surface area contributed by atoms with E-state index in [0.29, 0.717) is 6.42 Å². The lowest BCUT2D eigenvalue weighted by Crippen LogP contribution is -2.34. The summed E-state index contributed by atoms with van der Waals surface area (Å²) in [6.07, 6.45) is 0.547. The molecule has 0 unspecified atom stereocenters. The summed E-state index contributed by atoms with van der Waals surface area (Å²) in [5, 5.41) is -0.492. The van der Waals surface area contributed by atoms with Crippen molar-refractivity contribution in [1.29, 1.82) is 0 Å². The number of aryl methyl sites for hydroxylation is 1. The molecule has 0 amide bonds. The van der Waals surface area contributed by atoms with E-state index >= 15 is 0 Å². The van der Waals surface area contributed by atoms with Crippen LogP contribution < -0.4 is 5.73 Å². The van der Waals surface area contributed by atoms with Crippen LogP contribution in [-0.4, -0.2) is 19.4 Å². The van der Waals surface area contributed by atoms with Crippen molar-refractivity contribution in [1.82, 2.24) is 0 Å². The van der Waals surface area contributed by atoms with Crippen LogP contribution in [0.3, 0.4) is 0 Å². The van der Waals surface area contributed by atoms with Crippen LogP contribution in [0.1, 0.15) is 37.4 Å². The van der Waals surface area contributed by atoms with E-state index in [0.717, 1.165) is 11.1 Å². The third-order valence-electron chi connectivity index (χ3n) is 3.21. The molecular formula is C13H21NO2S. The average molecular weight is 255 g/mol. The van der Waals surface area contributed by atoms with Gasteiger partial charge in [-0.15, -0.1) is 0 Å². The van der Waals surface area contributed by atoms with Gasteiger partial charge in [-0.2, -0.15) is 0 Å². The molecule has 1 aromatic carbocycles. The van der Waals surface area contributed by atoms with Crippen molar-refractivity contribution in [2.45, 2.75) is 38.5 Å². The molecule has 0 aliphatic carbocycles. The summed E-state index contributed by atoms with van der Waals surface area (Å²) >= 11 is 0. The Bertz CT molecular complexity index is 468. The fraction of sp³-hybridized carbons (Fsp3) is 0.538. The molecule has 0 aliphatic rings. The molecule has 1 rings (SSSR count). The van der Waals surface area contributed by atoms with E-state index in [1.54, 1.807) is 6.92 Å². The second-order valence-corrected chi connectivity index (χ2v) is 6.79. The van der Waals surface area contributed by atoms with Crippen LogP contribution in [0.25, 0.3) is 0 Å². The van der Waals surface area contributed by atoms with Crippen LogP contribution in [0.2, 0.25) is 0 Å². The summed E-state index contributed by atoms with van der Waals surface area (Å²) in [4.78, 5) is 0. The Morgan fingerprint density at radius 3 is 2.29 bits per heavy atom. The minimum absolute atomic E-state index is 0.144. The Kier molecular flexibility index (Phi) is 4.71. The monoisotopic (exact) mass is 255 g/mol. The highest BCUT2D eigenvalue weighted by atomic mass is 32.2. The molecule has 2 N–H and O–H groups in total. The standard InChI is InChI=1S/C13H21NO2S/c1-4-12(17(15,16)5-2)13(14)11-9-7-6-8-10(11)3/h6-9,12-13H,4-5,14H2,1-3H3/t12-,13-/m1/s1. The van der Waals surface area contributed by atoms with E-state index in [1.165, 1.54) is 0 Å². The van der Waals surface area contributed by atoms with Crippen molar-refractivity contribution in [3.63, 3.8) is 0 Å². The molecule has 2 atom stereocenters. The highest BCUT2D eigenvalue weighted by Gasteiger charge is 2.29. The summed E-state index contributed by atoms with van der Waals surface area (Å²) in [6.45, 7) is 5.50. The third-order valence-corrected chi connectivity index (χ3v) is 5.57. The largest absolute Gasteiger partial charge is 0.323 e. The van der Waals surface area contributed by atoms with Gasteiger partial charge in [-0.05, 0) is 24.5 Å². The Morgan fingerprint density at radius 1 is 1.24 bits per heavy atom. The van der Waals surface area contributed by atoms with Crippen molar-refractivity contribution in [2.24, 2.45) is 5.73 Å². The van der Waals surface area contributed by atoms with Crippen LogP contribution in [0.5, 0.6) is 0 Å². The molecule has 1 aromatic rings. The van der Waals surface area contributed by atoms with E-state index in [4.69, 9.17) is 5.73 Å². The van der Waals surface area contributed by atoms with Gasteiger partial charge < -0.3 is 5.73 Å². The molecule has 0 saturated heterocycles. The molecular weight excluding hydrogens is 234 g/mol. The summed E-state index contributed by atoms with van der Waals surface area (Å²) < 4.78 is 24.0. The Balaban J connectivity index is 3.11. The molecule has 4 heteroatoms. The van der Waals surface area contributed by atoms with E-state index in [2.05, 4.69) is 0 Å². The van der Waals surface area contributed by atoms with Gasteiger partial charge in [0.05, 0.1) is 5.25 Å². The molecule has 0 bridgehead atoms. The van der Waals surface area contributed by atoms with Gasteiger partial charge in [-0.25, -0.2) is 8.42 Å². The topological polar surface area (TPSA) is 60.2 Å². The zero-order chi connectivity index (χ0) is 13.1. The molecule has 0 fully saturated rings. The lowest BCUT2D eigenvalue weighted by atomic mass is 9.98. The Labute approximate surface area is 104 Å². The fourth-order valence-corrected chi connectivity index (χ4v) is 3.64. The minimum Gasteiger partial charge on any atom is -0.323 e. The van der Waals surface area contributed by atoms with Crippen LogP contribution in [0.15, 0.2) is 24.3 Å². The smallest absolute Gasteiger partial charge is 0.154 e. The molecule has 96 valence electrons. The lowest BCUT2D eigenvalue weighted by molar-refractivity contribution is 0.548. The number of nitrogens with two attached hydrogens (primary N) is 1. The average Bonchev–Trinajstić information content (AvgIpc) is 2.30. The van der Waals surface area contributed by atoms with E-state index in [9.17, 15) is 8.42 Å².